The van der Waals surface area contributed by atoms with Crippen LogP contribution in [0.3, 0.4) is 0 Å². The molecule has 134 valence electrons. The lowest BCUT2D eigenvalue weighted by molar-refractivity contribution is 0.0619. The van der Waals surface area contributed by atoms with Crippen molar-refractivity contribution in [1.82, 2.24) is 19.9 Å². The van der Waals surface area contributed by atoms with Crippen LogP contribution in [0.5, 0.6) is 0 Å². The molecule has 0 saturated carbocycles. The second-order valence-corrected chi connectivity index (χ2v) is 6.60. The average Bonchev–Trinajstić information content (AvgIpc) is 3.06. The molecule has 0 bridgehead atoms. The van der Waals surface area contributed by atoms with E-state index in [4.69, 9.17) is 4.52 Å². The zero-order valence-electron chi connectivity index (χ0n) is 14.6. The first kappa shape index (κ1) is 16.5. The average molecular weight is 352 g/mol. The Bertz CT molecular complexity index is 999. The van der Waals surface area contributed by atoms with Gasteiger partial charge < -0.3 is 14.4 Å². The fourth-order valence-corrected chi connectivity index (χ4v) is 3.37. The largest absolute Gasteiger partial charge is 0.360 e. The summed E-state index contributed by atoms with van der Waals surface area (Å²) in [7, 11) is 0. The molecule has 1 amide bonds. The summed E-state index contributed by atoms with van der Waals surface area (Å²) in [5, 5.41) is 4.68. The lowest BCUT2D eigenvalue weighted by Crippen LogP contribution is -2.48. The van der Waals surface area contributed by atoms with Crippen molar-refractivity contribution < 1.29 is 9.32 Å². The number of nitrogens with one attached hydrogen (secondary N) is 1. The fraction of sp³-hybridized carbons (Fsp3) is 0.316. The molecule has 0 atom stereocenters. The number of rotatable bonds is 3. The highest BCUT2D eigenvalue weighted by Gasteiger charge is 2.24. The van der Waals surface area contributed by atoms with Gasteiger partial charge in [0.05, 0.1) is 17.8 Å². The van der Waals surface area contributed by atoms with E-state index in [9.17, 15) is 9.59 Å². The molecule has 1 fully saturated rings. The van der Waals surface area contributed by atoms with Crippen LogP contribution in [0.2, 0.25) is 0 Å². The molecule has 1 N–H and O–H groups in total. The second-order valence-electron chi connectivity index (χ2n) is 6.60. The van der Waals surface area contributed by atoms with Gasteiger partial charge >= 0.3 is 0 Å². The Hall–Kier alpha value is -2.93. The van der Waals surface area contributed by atoms with Gasteiger partial charge in [0.2, 0.25) is 5.56 Å². The molecule has 1 aromatic carbocycles. The maximum Gasteiger partial charge on any atom is 0.254 e. The molecule has 1 saturated heterocycles. The summed E-state index contributed by atoms with van der Waals surface area (Å²) in [5.41, 5.74) is 1.76. The van der Waals surface area contributed by atoms with Crippen molar-refractivity contribution in [2.75, 3.05) is 26.2 Å². The van der Waals surface area contributed by atoms with Crippen molar-refractivity contribution in [3.05, 3.63) is 63.8 Å². The number of carbonyl (C=O) groups is 1. The van der Waals surface area contributed by atoms with Crippen molar-refractivity contribution in [1.29, 1.82) is 0 Å². The number of aromatic amines is 1. The van der Waals surface area contributed by atoms with E-state index in [1.165, 1.54) is 6.07 Å². The summed E-state index contributed by atoms with van der Waals surface area (Å²) in [4.78, 5) is 31.7. The van der Waals surface area contributed by atoms with E-state index in [1.807, 2.05) is 42.2 Å². The Labute approximate surface area is 150 Å². The Morgan fingerprint density at radius 3 is 2.69 bits per heavy atom. The number of aromatic nitrogens is 2. The predicted octanol–water partition coefficient (Wildman–Crippen LogP) is 1.78. The Balaban J connectivity index is 1.48. The zero-order valence-corrected chi connectivity index (χ0v) is 14.6. The van der Waals surface area contributed by atoms with E-state index >= 15 is 0 Å². The van der Waals surface area contributed by atoms with E-state index in [-0.39, 0.29) is 11.5 Å². The third-order valence-corrected chi connectivity index (χ3v) is 4.70. The van der Waals surface area contributed by atoms with Crippen LogP contribution < -0.4 is 5.56 Å². The second kappa shape index (κ2) is 6.76. The molecular weight excluding hydrogens is 332 g/mol. The first-order chi connectivity index (χ1) is 12.6. The molecule has 0 aliphatic carbocycles. The lowest BCUT2D eigenvalue weighted by atomic mass is 10.1. The summed E-state index contributed by atoms with van der Waals surface area (Å²) < 4.78 is 5.26. The van der Waals surface area contributed by atoms with Gasteiger partial charge in [-0.25, -0.2) is 0 Å². The maximum absolute atomic E-state index is 13.0. The summed E-state index contributed by atoms with van der Waals surface area (Å²) in [6.45, 7) is 5.34. The van der Waals surface area contributed by atoms with Gasteiger partial charge in [-0.2, -0.15) is 0 Å². The van der Waals surface area contributed by atoms with Crippen LogP contribution >= 0.6 is 0 Å². The minimum absolute atomic E-state index is 0.0949. The number of benzene rings is 1. The third kappa shape index (κ3) is 3.25. The number of fused-ring (bicyclic) bond motifs is 1. The van der Waals surface area contributed by atoms with Gasteiger partial charge in [0.15, 0.2) is 5.76 Å². The number of carbonyl (C=O) groups excluding carboxylic acids is 1. The van der Waals surface area contributed by atoms with Crippen LogP contribution in [-0.4, -0.2) is 52.0 Å². The van der Waals surface area contributed by atoms with Crippen LogP contribution in [0.25, 0.3) is 10.9 Å². The van der Waals surface area contributed by atoms with Gasteiger partial charge in [0.25, 0.3) is 5.91 Å². The molecule has 0 unspecified atom stereocenters. The van der Waals surface area contributed by atoms with Gasteiger partial charge in [0, 0.05) is 49.2 Å². The van der Waals surface area contributed by atoms with E-state index < -0.39 is 0 Å². The predicted molar refractivity (Wildman–Crippen MR) is 97.0 cm³/mol. The number of H-pyrrole nitrogens is 1. The number of piperazine rings is 1. The fourth-order valence-electron chi connectivity index (χ4n) is 3.37. The molecule has 2 aromatic heterocycles. The number of hydrogen-bond acceptors (Lipinski definition) is 5. The standard InChI is InChI=1S/C19H20N4O3/c1-13-10-14(26-21-13)12-22-6-8-23(9-7-22)19(25)16-11-18(24)20-17-5-3-2-4-15(16)17/h2-5,10-11H,6-9,12H2,1H3,(H,20,24). The zero-order chi connectivity index (χ0) is 18.1. The first-order valence-electron chi connectivity index (χ1n) is 8.66. The third-order valence-electron chi connectivity index (χ3n) is 4.70. The molecule has 4 rings (SSSR count). The molecule has 0 spiro atoms. The van der Waals surface area contributed by atoms with Gasteiger partial charge in [-0.1, -0.05) is 23.4 Å². The number of pyridine rings is 1. The smallest absolute Gasteiger partial charge is 0.254 e. The number of aryl methyl sites for hydroxylation is 1. The topological polar surface area (TPSA) is 82.4 Å². The molecule has 3 heterocycles. The highest BCUT2D eigenvalue weighted by molar-refractivity contribution is 6.05. The minimum Gasteiger partial charge on any atom is -0.360 e. The summed E-state index contributed by atoms with van der Waals surface area (Å²) >= 11 is 0. The highest BCUT2D eigenvalue weighted by atomic mass is 16.5. The normalized spacial score (nSPS) is 15.5. The molecule has 1 aliphatic rings. The first-order valence-corrected chi connectivity index (χ1v) is 8.66. The Morgan fingerprint density at radius 1 is 1.19 bits per heavy atom. The minimum atomic E-state index is -0.258. The quantitative estimate of drug-likeness (QED) is 0.777. The Morgan fingerprint density at radius 2 is 1.96 bits per heavy atom. The Kier molecular flexibility index (Phi) is 4.30. The van der Waals surface area contributed by atoms with Crippen LogP contribution in [0, 0.1) is 6.92 Å². The maximum atomic E-state index is 13.0. The molecule has 7 heteroatoms. The van der Waals surface area contributed by atoms with Gasteiger partial charge in [0.1, 0.15) is 0 Å². The van der Waals surface area contributed by atoms with Crippen molar-refractivity contribution in [3.63, 3.8) is 0 Å². The van der Waals surface area contributed by atoms with Crippen LogP contribution in [0.1, 0.15) is 21.8 Å². The molecule has 26 heavy (non-hydrogen) atoms. The molecule has 7 nitrogen and oxygen atoms in total. The SMILES string of the molecule is Cc1cc(CN2CCN(C(=O)c3cc(=O)[nH]c4ccccc34)CC2)on1. The lowest BCUT2D eigenvalue weighted by Gasteiger charge is -2.34. The number of hydrogen-bond donors (Lipinski definition) is 1. The van der Waals surface area contributed by atoms with Crippen molar-refractivity contribution in [2.24, 2.45) is 0 Å². The van der Waals surface area contributed by atoms with Crippen LogP contribution in [0.15, 0.2) is 45.7 Å². The summed E-state index contributed by atoms with van der Waals surface area (Å²) in [6.07, 6.45) is 0. The summed E-state index contributed by atoms with van der Waals surface area (Å²) in [5.74, 6) is 0.741. The molecule has 1 aliphatic heterocycles. The molecule has 0 radical (unpaired) electrons. The summed E-state index contributed by atoms with van der Waals surface area (Å²) in [6, 6.07) is 10.7. The number of amides is 1. The van der Waals surface area contributed by atoms with E-state index in [2.05, 4.69) is 15.0 Å². The highest BCUT2D eigenvalue weighted by Crippen LogP contribution is 2.18. The van der Waals surface area contributed by atoms with Crippen molar-refractivity contribution >= 4 is 16.8 Å². The number of nitrogens with zero attached hydrogens (tertiary/aromatic N) is 3. The molecule has 3 aromatic rings. The molecular formula is C19H20N4O3. The van der Waals surface area contributed by atoms with E-state index in [0.717, 1.165) is 29.9 Å². The monoisotopic (exact) mass is 352 g/mol. The van der Waals surface area contributed by atoms with Crippen LogP contribution in [0.4, 0.5) is 0 Å². The van der Waals surface area contributed by atoms with Gasteiger partial charge in [-0.05, 0) is 13.0 Å². The number of para-hydroxylation sites is 1. The van der Waals surface area contributed by atoms with E-state index in [1.54, 1.807) is 0 Å². The van der Waals surface area contributed by atoms with Crippen molar-refractivity contribution in [2.45, 2.75) is 13.5 Å². The van der Waals surface area contributed by atoms with Gasteiger partial charge in [-0.15, -0.1) is 0 Å². The van der Waals surface area contributed by atoms with Gasteiger partial charge in [-0.3, -0.25) is 14.5 Å². The van der Waals surface area contributed by atoms with Crippen LogP contribution in [-0.2, 0) is 6.54 Å². The van der Waals surface area contributed by atoms with Crippen molar-refractivity contribution in [3.8, 4) is 0 Å². The van der Waals surface area contributed by atoms with E-state index in [0.29, 0.717) is 30.7 Å².